The van der Waals surface area contributed by atoms with E-state index in [1.54, 1.807) is 10.6 Å². The Hall–Kier alpha value is -1.86. The van der Waals surface area contributed by atoms with Crippen molar-refractivity contribution in [3.05, 3.63) is 34.6 Å². The summed E-state index contributed by atoms with van der Waals surface area (Å²) >= 11 is 1.31. The van der Waals surface area contributed by atoms with Crippen LogP contribution in [-0.4, -0.2) is 41.0 Å². The fraction of sp³-hybridized carbons (Fsp3) is 0.591. The van der Waals surface area contributed by atoms with Crippen LogP contribution in [-0.2, 0) is 16.1 Å². The van der Waals surface area contributed by atoms with Crippen molar-refractivity contribution in [2.45, 2.75) is 52.2 Å². The molecule has 1 amide bonds. The van der Waals surface area contributed by atoms with Crippen molar-refractivity contribution in [1.82, 2.24) is 14.9 Å². The number of benzene rings is 1. The maximum absolute atomic E-state index is 12.9. The molecule has 29 heavy (non-hydrogen) atoms. The van der Waals surface area contributed by atoms with Gasteiger partial charge in [0.15, 0.2) is 5.16 Å². The molecule has 0 atom stereocenters. The third-order valence-corrected chi connectivity index (χ3v) is 5.47. The van der Waals surface area contributed by atoms with E-state index < -0.39 is 0 Å². The molecule has 0 radical (unpaired) electrons. The molecule has 0 aliphatic carbocycles. The highest BCUT2D eigenvalue weighted by Crippen LogP contribution is 2.18. The third kappa shape index (κ3) is 7.82. The van der Waals surface area contributed by atoms with Crippen molar-refractivity contribution in [1.29, 1.82) is 0 Å². The van der Waals surface area contributed by atoms with Crippen molar-refractivity contribution >= 4 is 28.6 Å². The minimum atomic E-state index is -0.0831. The number of fused-ring (bicyclic) bond motifs is 1. The Bertz CT molecular complexity index is 849. The number of rotatable bonds is 12. The van der Waals surface area contributed by atoms with Crippen molar-refractivity contribution in [3.63, 3.8) is 0 Å². The zero-order valence-electron chi connectivity index (χ0n) is 17.9. The minimum absolute atomic E-state index is 0.0438. The number of thioether (sulfide) groups is 1. The number of aromatic nitrogens is 2. The molecule has 1 aromatic carbocycles. The van der Waals surface area contributed by atoms with Crippen molar-refractivity contribution in [3.8, 4) is 0 Å². The maximum Gasteiger partial charge on any atom is 0.262 e. The fourth-order valence-electron chi connectivity index (χ4n) is 2.71. The Kier molecular flexibility index (Phi) is 9.67. The first-order chi connectivity index (χ1) is 13.9. The number of carbonyl (C=O) groups excluding carboxylic acids is 1. The predicted octanol–water partition coefficient (Wildman–Crippen LogP) is 3.71. The highest BCUT2D eigenvalue weighted by molar-refractivity contribution is 7.99. The fourth-order valence-corrected chi connectivity index (χ4v) is 3.56. The van der Waals surface area contributed by atoms with Crippen molar-refractivity contribution in [2.75, 3.05) is 25.5 Å². The normalized spacial score (nSPS) is 11.5. The van der Waals surface area contributed by atoms with Gasteiger partial charge in [0.05, 0.1) is 23.3 Å². The van der Waals surface area contributed by atoms with E-state index in [9.17, 15) is 9.59 Å². The highest BCUT2D eigenvalue weighted by atomic mass is 32.2. The summed E-state index contributed by atoms with van der Waals surface area (Å²) in [7, 11) is 0. The van der Waals surface area contributed by atoms with Crippen LogP contribution in [0.3, 0.4) is 0 Å². The summed E-state index contributed by atoms with van der Waals surface area (Å²) in [5.74, 6) is 1.23. The summed E-state index contributed by atoms with van der Waals surface area (Å²) in [5, 5.41) is 4.07. The van der Waals surface area contributed by atoms with E-state index in [2.05, 4.69) is 38.0 Å². The SMILES string of the molecule is CC(C)CCOCCNC(=O)CSc1nc2ccccc2c(=O)n1CCC(C)C. The standard InChI is InChI=1S/C22H33N3O3S/c1-16(2)9-12-25-21(27)18-7-5-6-8-19(18)24-22(25)29-15-20(26)23-11-14-28-13-10-17(3)4/h5-8,16-17H,9-15H2,1-4H3,(H,23,26). The van der Waals surface area contributed by atoms with E-state index >= 15 is 0 Å². The molecule has 1 N–H and O–H groups in total. The number of hydrogen-bond acceptors (Lipinski definition) is 5. The first kappa shape index (κ1) is 23.4. The summed E-state index contributed by atoms with van der Waals surface area (Å²) in [4.78, 5) is 29.7. The lowest BCUT2D eigenvalue weighted by Crippen LogP contribution is -2.30. The zero-order valence-corrected chi connectivity index (χ0v) is 18.8. The molecule has 0 bridgehead atoms. The van der Waals surface area contributed by atoms with Gasteiger partial charge in [-0.3, -0.25) is 14.2 Å². The molecule has 0 spiro atoms. The number of nitrogens with one attached hydrogen (secondary N) is 1. The van der Waals surface area contributed by atoms with Crippen LogP contribution >= 0.6 is 11.8 Å². The van der Waals surface area contributed by atoms with Gasteiger partial charge in [-0.05, 0) is 36.8 Å². The number of para-hydroxylation sites is 1. The van der Waals surface area contributed by atoms with E-state index in [1.165, 1.54) is 11.8 Å². The molecule has 0 saturated heterocycles. The van der Waals surface area contributed by atoms with Gasteiger partial charge in [-0.1, -0.05) is 51.6 Å². The average Bonchev–Trinajstić information content (AvgIpc) is 2.68. The van der Waals surface area contributed by atoms with Gasteiger partial charge >= 0.3 is 0 Å². The van der Waals surface area contributed by atoms with Crippen LogP contribution in [0.25, 0.3) is 10.9 Å². The molecular weight excluding hydrogens is 386 g/mol. The molecule has 0 aliphatic heterocycles. The minimum Gasteiger partial charge on any atom is -0.380 e. The second-order valence-electron chi connectivity index (χ2n) is 7.98. The first-order valence-corrected chi connectivity index (χ1v) is 11.3. The van der Waals surface area contributed by atoms with E-state index in [0.717, 1.165) is 12.8 Å². The second kappa shape index (κ2) is 12.0. The molecule has 160 valence electrons. The Labute approximate surface area is 177 Å². The zero-order chi connectivity index (χ0) is 21.2. The van der Waals surface area contributed by atoms with E-state index in [1.807, 2.05) is 18.2 Å². The van der Waals surface area contributed by atoms with Crippen molar-refractivity contribution < 1.29 is 9.53 Å². The van der Waals surface area contributed by atoms with Crippen LogP contribution in [0, 0.1) is 11.8 Å². The number of nitrogens with zero attached hydrogens (tertiary/aromatic N) is 2. The smallest absolute Gasteiger partial charge is 0.262 e. The Morgan fingerprint density at radius 2 is 1.86 bits per heavy atom. The molecule has 7 heteroatoms. The summed E-state index contributed by atoms with van der Waals surface area (Å²) in [5.41, 5.74) is 0.623. The lowest BCUT2D eigenvalue weighted by Gasteiger charge is -2.14. The van der Waals surface area contributed by atoms with Crippen LogP contribution < -0.4 is 10.9 Å². The van der Waals surface area contributed by atoms with Gasteiger partial charge in [0.25, 0.3) is 5.56 Å². The Morgan fingerprint density at radius 3 is 2.59 bits per heavy atom. The van der Waals surface area contributed by atoms with Crippen LogP contribution in [0.5, 0.6) is 0 Å². The largest absolute Gasteiger partial charge is 0.380 e. The third-order valence-electron chi connectivity index (χ3n) is 4.50. The number of amides is 1. The van der Waals surface area contributed by atoms with Gasteiger partial charge in [0.1, 0.15) is 0 Å². The summed E-state index contributed by atoms with van der Waals surface area (Å²) < 4.78 is 7.22. The van der Waals surface area contributed by atoms with E-state index in [4.69, 9.17) is 4.74 Å². The molecule has 2 aromatic rings. The molecule has 0 fully saturated rings. The summed E-state index contributed by atoms with van der Waals surface area (Å²) in [6.45, 7) is 10.9. The average molecular weight is 420 g/mol. The number of ether oxygens (including phenoxy) is 1. The molecule has 0 aliphatic rings. The van der Waals surface area contributed by atoms with Crippen LogP contribution in [0.4, 0.5) is 0 Å². The molecular formula is C22H33N3O3S. The van der Waals surface area contributed by atoms with Gasteiger partial charge in [0.2, 0.25) is 5.91 Å². The van der Waals surface area contributed by atoms with Crippen LogP contribution in [0.1, 0.15) is 40.5 Å². The quantitative estimate of drug-likeness (QED) is 0.322. The maximum atomic E-state index is 12.9. The van der Waals surface area contributed by atoms with Crippen LogP contribution in [0.15, 0.2) is 34.2 Å². The molecule has 1 aromatic heterocycles. The summed E-state index contributed by atoms with van der Waals surface area (Å²) in [6.07, 6.45) is 1.90. The van der Waals surface area contributed by atoms with Crippen LogP contribution in [0.2, 0.25) is 0 Å². The molecule has 1 heterocycles. The molecule has 6 nitrogen and oxygen atoms in total. The van der Waals surface area contributed by atoms with Gasteiger partial charge in [-0.25, -0.2) is 4.98 Å². The monoisotopic (exact) mass is 419 g/mol. The van der Waals surface area contributed by atoms with Gasteiger partial charge in [-0.2, -0.15) is 0 Å². The Morgan fingerprint density at radius 1 is 1.14 bits per heavy atom. The predicted molar refractivity (Wildman–Crippen MR) is 119 cm³/mol. The van der Waals surface area contributed by atoms with Gasteiger partial charge in [0, 0.05) is 19.7 Å². The van der Waals surface area contributed by atoms with Gasteiger partial charge in [-0.15, -0.1) is 0 Å². The lowest BCUT2D eigenvalue weighted by atomic mass is 10.1. The van der Waals surface area contributed by atoms with Crippen molar-refractivity contribution in [2.24, 2.45) is 11.8 Å². The number of hydrogen-bond donors (Lipinski definition) is 1. The summed E-state index contributed by atoms with van der Waals surface area (Å²) in [6, 6.07) is 7.36. The molecule has 2 rings (SSSR count). The topological polar surface area (TPSA) is 73.2 Å². The molecule has 0 unspecified atom stereocenters. The van der Waals surface area contributed by atoms with Gasteiger partial charge < -0.3 is 10.1 Å². The second-order valence-corrected chi connectivity index (χ2v) is 8.93. The first-order valence-electron chi connectivity index (χ1n) is 10.3. The Balaban J connectivity index is 1.96. The van der Waals surface area contributed by atoms with E-state index in [-0.39, 0.29) is 17.2 Å². The number of carbonyl (C=O) groups is 1. The lowest BCUT2D eigenvalue weighted by molar-refractivity contribution is -0.118. The molecule has 0 saturated carbocycles. The highest BCUT2D eigenvalue weighted by Gasteiger charge is 2.13. The van der Waals surface area contributed by atoms with E-state index in [0.29, 0.717) is 54.2 Å².